The largest absolute Gasteiger partial charge is 0.460 e. The zero-order valence-corrected chi connectivity index (χ0v) is 14.9. The van der Waals surface area contributed by atoms with Gasteiger partial charge in [-0.05, 0) is 13.3 Å². The molecule has 0 saturated heterocycles. The second-order valence-electron chi connectivity index (χ2n) is 5.94. The van der Waals surface area contributed by atoms with Gasteiger partial charge in [-0.25, -0.2) is 9.78 Å². The second kappa shape index (κ2) is 16.8. The number of esters is 1. The van der Waals surface area contributed by atoms with E-state index in [1.807, 2.05) is 0 Å². The molecule has 0 bridgehead atoms. The number of rotatable bonds is 16. The fourth-order valence-corrected chi connectivity index (χ4v) is 2.19. The van der Waals surface area contributed by atoms with Crippen LogP contribution in [0, 0.1) is 0 Å². The van der Waals surface area contributed by atoms with E-state index in [1.54, 1.807) is 13.8 Å². The molecule has 0 N–H and O–H groups in total. The lowest BCUT2D eigenvalue weighted by atomic mass is 10.1. The Labute approximate surface area is 136 Å². The first-order valence-corrected chi connectivity index (χ1v) is 9.14. The van der Waals surface area contributed by atoms with E-state index in [9.17, 15) is 4.79 Å². The van der Waals surface area contributed by atoms with Crippen LogP contribution in [0.4, 0.5) is 0 Å². The van der Waals surface area contributed by atoms with E-state index in [4.69, 9.17) is 14.5 Å². The van der Waals surface area contributed by atoms with Gasteiger partial charge in [0, 0.05) is 6.42 Å². The van der Waals surface area contributed by atoms with E-state index in [0.29, 0.717) is 19.6 Å². The molecule has 0 aliphatic heterocycles. The van der Waals surface area contributed by atoms with Crippen LogP contribution in [-0.4, -0.2) is 25.3 Å². The maximum absolute atomic E-state index is 11.0. The van der Waals surface area contributed by atoms with Crippen LogP contribution in [0.25, 0.3) is 0 Å². The predicted molar refractivity (Wildman–Crippen MR) is 89.6 cm³/mol. The highest BCUT2D eigenvalue weighted by Gasteiger charge is 2.07. The van der Waals surface area contributed by atoms with E-state index in [0.717, 1.165) is 6.42 Å². The zero-order valence-electron chi connectivity index (χ0n) is 14.9. The lowest BCUT2D eigenvalue weighted by Gasteiger charge is -2.12. The van der Waals surface area contributed by atoms with Gasteiger partial charge in [0.05, 0.1) is 6.61 Å². The van der Waals surface area contributed by atoms with Gasteiger partial charge in [-0.3, -0.25) is 4.79 Å². The van der Waals surface area contributed by atoms with Gasteiger partial charge in [0.2, 0.25) is 0 Å². The Hall–Kier alpha value is -0.610. The lowest BCUT2D eigenvalue weighted by Crippen LogP contribution is -2.20. The average molecular weight is 316 g/mol. The molecule has 0 aromatic rings. The molecule has 0 fully saturated rings. The van der Waals surface area contributed by atoms with Gasteiger partial charge >= 0.3 is 5.97 Å². The molecule has 0 aliphatic carbocycles. The van der Waals surface area contributed by atoms with Crippen LogP contribution in [-0.2, 0) is 19.3 Å². The van der Waals surface area contributed by atoms with Crippen molar-refractivity contribution < 1.29 is 19.3 Å². The smallest absolute Gasteiger partial charge is 0.305 e. The zero-order chi connectivity index (χ0) is 16.5. The number of ether oxygens (including phenoxy) is 1. The van der Waals surface area contributed by atoms with Gasteiger partial charge in [0.1, 0.15) is 12.7 Å². The van der Waals surface area contributed by atoms with Crippen molar-refractivity contribution >= 4 is 5.97 Å². The van der Waals surface area contributed by atoms with Crippen LogP contribution < -0.4 is 0 Å². The molecule has 0 saturated carbocycles. The predicted octanol–water partition coefficient (Wildman–Crippen LogP) is 5.20. The summed E-state index contributed by atoms with van der Waals surface area (Å²) in [6.07, 6.45) is 13.2. The van der Waals surface area contributed by atoms with E-state index in [2.05, 4.69) is 6.92 Å². The van der Waals surface area contributed by atoms with Crippen molar-refractivity contribution in [2.45, 2.75) is 97.5 Å². The van der Waals surface area contributed by atoms with E-state index in [-0.39, 0.29) is 12.1 Å². The summed E-state index contributed by atoms with van der Waals surface area (Å²) in [5, 5.41) is 0. The number of unbranched alkanes of at least 4 members (excludes halogenated alkanes) is 9. The Morgan fingerprint density at radius 2 is 1.36 bits per heavy atom. The van der Waals surface area contributed by atoms with Crippen LogP contribution in [0.15, 0.2) is 0 Å². The van der Waals surface area contributed by atoms with Crippen molar-refractivity contribution in [1.82, 2.24) is 0 Å². The maximum Gasteiger partial charge on any atom is 0.305 e. The molecule has 132 valence electrons. The molecule has 0 rings (SSSR count). The molecule has 1 atom stereocenters. The van der Waals surface area contributed by atoms with Crippen molar-refractivity contribution in [2.75, 3.05) is 13.2 Å². The number of hydrogen-bond acceptors (Lipinski definition) is 4. The topological polar surface area (TPSA) is 44.8 Å². The van der Waals surface area contributed by atoms with Crippen molar-refractivity contribution in [3.63, 3.8) is 0 Å². The average Bonchev–Trinajstić information content (AvgIpc) is 2.51. The fraction of sp³-hybridized carbons (Fsp3) is 0.944. The Balaban J connectivity index is 3.12. The van der Waals surface area contributed by atoms with E-state index >= 15 is 0 Å². The van der Waals surface area contributed by atoms with Gasteiger partial charge in [0.25, 0.3) is 0 Å². The van der Waals surface area contributed by atoms with Crippen LogP contribution in [0.2, 0.25) is 0 Å². The van der Waals surface area contributed by atoms with Crippen molar-refractivity contribution in [3.05, 3.63) is 0 Å². The van der Waals surface area contributed by atoms with Gasteiger partial charge < -0.3 is 4.74 Å². The Bertz CT molecular complexity index is 243. The molecule has 0 aliphatic rings. The summed E-state index contributed by atoms with van der Waals surface area (Å²) in [6, 6.07) is 0. The van der Waals surface area contributed by atoms with Crippen LogP contribution in [0.5, 0.6) is 0 Å². The summed E-state index contributed by atoms with van der Waals surface area (Å²) in [6.45, 7) is 6.74. The number of carbonyl (C=O) groups is 1. The van der Waals surface area contributed by atoms with Crippen LogP contribution >= 0.6 is 0 Å². The van der Waals surface area contributed by atoms with Gasteiger partial charge in [-0.15, -0.1) is 0 Å². The molecule has 4 nitrogen and oxygen atoms in total. The number of hydrogen-bond donors (Lipinski definition) is 0. The molecule has 1 unspecified atom stereocenters. The minimum absolute atomic E-state index is 0.203. The molecule has 0 radical (unpaired) electrons. The monoisotopic (exact) mass is 316 g/mol. The summed E-state index contributed by atoms with van der Waals surface area (Å²) in [5.74, 6) is -0.203. The molecular weight excluding hydrogens is 280 g/mol. The third kappa shape index (κ3) is 15.8. The Morgan fingerprint density at radius 1 is 0.818 bits per heavy atom. The summed E-state index contributed by atoms with van der Waals surface area (Å²) >= 11 is 0. The van der Waals surface area contributed by atoms with Crippen molar-refractivity contribution in [1.29, 1.82) is 0 Å². The molecule has 22 heavy (non-hydrogen) atoms. The summed E-state index contributed by atoms with van der Waals surface area (Å²) in [4.78, 5) is 21.2. The lowest BCUT2D eigenvalue weighted by molar-refractivity contribution is -0.305. The summed E-state index contributed by atoms with van der Waals surface area (Å²) in [5.41, 5.74) is 0. The first-order valence-electron chi connectivity index (χ1n) is 9.14. The third-order valence-electron chi connectivity index (χ3n) is 3.59. The maximum atomic E-state index is 11.0. The molecule has 0 aromatic carbocycles. The SMILES string of the molecule is CCCCCCCCCCCCOOCC(C)OC(=O)CC. The van der Waals surface area contributed by atoms with E-state index < -0.39 is 0 Å². The minimum Gasteiger partial charge on any atom is -0.460 e. The molecule has 0 amide bonds. The van der Waals surface area contributed by atoms with E-state index in [1.165, 1.54) is 57.8 Å². The Morgan fingerprint density at radius 3 is 1.91 bits per heavy atom. The highest BCUT2D eigenvalue weighted by Crippen LogP contribution is 2.10. The normalized spacial score (nSPS) is 12.3. The molecular formula is C18H36O4. The molecule has 0 spiro atoms. The standard InChI is InChI=1S/C18H36O4/c1-4-6-7-8-9-10-11-12-13-14-15-20-21-16-17(3)22-18(19)5-2/h17H,4-16H2,1-3H3. The van der Waals surface area contributed by atoms with Crippen LogP contribution in [0.1, 0.15) is 91.4 Å². The first kappa shape index (κ1) is 21.4. The highest BCUT2D eigenvalue weighted by molar-refractivity contribution is 5.69. The molecule has 0 aromatic heterocycles. The van der Waals surface area contributed by atoms with Crippen molar-refractivity contribution in [3.8, 4) is 0 Å². The molecule has 4 heteroatoms. The van der Waals surface area contributed by atoms with Gasteiger partial charge in [0.15, 0.2) is 0 Å². The third-order valence-corrected chi connectivity index (χ3v) is 3.59. The summed E-state index contributed by atoms with van der Waals surface area (Å²) < 4.78 is 5.06. The fourth-order valence-electron chi connectivity index (χ4n) is 2.19. The van der Waals surface area contributed by atoms with Gasteiger partial charge in [-0.2, -0.15) is 0 Å². The second-order valence-corrected chi connectivity index (χ2v) is 5.94. The Kier molecular flexibility index (Phi) is 16.3. The minimum atomic E-state index is -0.250. The quantitative estimate of drug-likeness (QED) is 0.170. The highest BCUT2D eigenvalue weighted by atomic mass is 17.2. The first-order chi connectivity index (χ1) is 10.7. The van der Waals surface area contributed by atoms with Gasteiger partial charge in [-0.1, -0.05) is 71.6 Å². The van der Waals surface area contributed by atoms with Crippen LogP contribution in [0.3, 0.4) is 0 Å². The summed E-state index contributed by atoms with van der Waals surface area (Å²) in [7, 11) is 0. The van der Waals surface area contributed by atoms with Crippen molar-refractivity contribution in [2.24, 2.45) is 0 Å². The molecule has 0 heterocycles. The number of carbonyl (C=O) groups excluding carboxylic acids is 1.